The van der Waals surface area contributed by atoms with Gasteiger partial charge >= 0.3 is 12.1 Å². The first-order valence-electron chi connectivity index (χ1n) is 8.22. The number of aromatic nitrogens is 3. The summed E-state index contributed by atoms with van der Waals surface area (Å²) in [4.78, 5) is 34.9. The molecule has 11 nitrogen and oxygen atoms in total. The topological polar surface area (TPSA) is 154 Å². The third-order valence-electron chi connectivity index (χ3n) is 3.29. The molecule has 0 bridgehead atoms. The van der Waals surface area contributed by atoms with Gasteiger partial charge in [0.25, 0.3) is 0 Å². The van der Waals surface area contributed by atoms with Gasteiger partial charge in [-0.1, -0.05) is 0 Å². The number of amides is 1. The number of carbonyl (C=O) groups excluding carboxylic acids is 1. The summed E-state index contributed by atoms with van der Waals surface area (Å²) in [6.07, 6.45) is 2.97. The van der Waals surface area contributed by atoms with Crippen molar-refractivity contribution in [1.82, 2.24) is 20.3 Å². The van der Waals surface area contributed by atoms with Gasteiger partial charge in [-0.05, 0) is 27.7 Å². The molecule has 3 aromatic heterocycles. The van der Waals surface area contributed by atoms with Crippen LogP contribution >= 0.6 is 0 Å². The molecule has 1 atom stereocenters. The minimum Gasteiger partial charge on any atom is -0.476 e. The van der Waals surface area contributed by atoms with Crippen molar-refractivity contribution in [2.75, 3.05) is 0 Å². The second kappa shape index (κ2) is 7.18. The van der Waals surface area contributed by atoms with Crippen LogP contribution in [-0.4, -0.2) is 37.7 Å². The monoisotopic (exact) mass is 390 g/mol. The Hall–Kier alpha value is -3.63. The second-order valence-electron chi connectivity index (χ2n) is 6.82. The maximum Gasteiger partial charge on any atom is 0.408 e. The van der Waals surface area contributed by atoms with Gasteiger partial charge in [0.15, 0.2) is 17.1 Å². The average molecular weight is 390 g/mol. The van der Waals surface area contributed by atoms with Crippen LogP contribution in [0.2, 0.25) is 0 Å². The SMILES string of the molecule is CC(NC(=O)OC(C)(C)C)c1nc(-c2nc(-c3nc(C(=O)O)co3)co2)co1. The van der Waals surface area contributed by atoms with Crippen LogP contribution in [0.1, 0.15) is 50.1 Å². The number of carboxylic acids is 1. The van der Waals surface area contributed by atoms with E-state index in [4.69, 9.17) is 23.1 Å². The molecule has 28 heavy (non-hydrogen) atoms. The number of hydrogen-bond donors (Lipinski definition) is 2. The molecule has 1 unspecified atom stereocenters. The molecule has 1 amide bonds. The predicted octanol–water partition coefficient (Wildman–Crippen LogP) is 3.27. The Morgan fingerprint density at radius 3 is 2.29 bits per heavy atom. The number of ether oxygens (including phenoxy) is 1. The quantitative estimate of drug-likeness (QED) is 0.663. The number of hydrogen-bond acceptors (Lipinski definition) is 9. The Labute approximate surface area is 158 Å². The van der Waals surface area contributed by atoms with E-state index in [9.17, 15) is 9.59 Å². The summed E-state index contributed by atoms with van der Waals surface area (Å²) in [5, 5.41) is 11.5. The largest absolute Gasteiger partial charge is 0.476 e. The van der Waals surface area contributed by atoms with Crippen LogP contribution in [0.15, 0.2) is 32.0 Å². The number of nitrogens with zero attached hydrogens (tertiary/aromatic N) is 3. The van der Waals surface area contributed by atoms with Gasteiger partial charge in [0.05, 0.1) is 0 Å². The van der Waals surface area contributed by atoms with Crippen molar-refractivity contribution in [3.8, 4) is 23.2 Å². The van der Waals surface area contributed by atoms with Crippen LogP contribution in [0.25, 0.3) is 23.2 Å². The molecule has 3 heterocycles. The third kappa shape index (κ3) is 4.37. The molecule has 0 aliphatic carbocycles. The highest BCUT2D eigenvalue weighted by molar-refractivity contribution is 5.85. The molecule has 0 aromatic carbocycles. The van der Waals surface area contributed by atoms with E-state index in [-0.39, 0.29) is 34.8 Å². The van der Waals surface area contributed by atoms with E-state index >= 15 is 0 Å². The number of carboxylic acid groups (broad SMARTS) is 1. The van der Waals surface area contributed by atoms with Crippen molar-refractivity contribution >= 4 is 12.1 Å². The Kier molecular flexibility index (Phi) is 4.91. The third-order valence-corrected chi connectivity index (χ3v) is 3.29. The summed E-state index contributed by atoms with van der Waals surface area (Å²) in [6, 6.07) is -0.553. The standard InChI is InChI=1S/C17H18N4O7/c1-8(18-16(24)28-17(2,3)4)12-19-9(5-25-12)13-20-10(6-26-13)14-21-11(7-27-14)15(22)23/h5-8H,1-4H3,(H,18,24)(H,22,23). The van der Waals surface area contributed by atoms with Crippen molar-refractivity contribution in [1.29, 1.82) is 0 Å². The van der Waals surface area contributed by atoms with E-state index in [1.165, 1.54) is 12.5 Å². The van der Waals surface area contributed by atoms with E-state index in [2.05, 4.69) is 20.3 Å². The summed E-state index contributed by atoms with van der Waals surface area (Å²) in [7, 11) is 0. The Morgan fingerprint density at radius 1 is 1.04 bits per heavy atom. The summed E-state index contributed by atoms with van der Waals surface area (Å²) >= 11 is 0. The van der Waals surface area contributed by atoms with Crippen LogP contribution in [0.5, 0.6) is 0 Å². The second-order valence-corrected chi connectivity index (χ2v) is 6.82. The maximum atomic E-state index is 11.8. The minimum absolute atomic E-state index is 0.00363. The number of aromatic carboxylic acids is 1. The average Bonchev–Trinajstić information content (AvgIpc) is 3.31. The van der Waals surface area contributed by atoms with Crippen molar-refractivity contribution in [3.05, 3.63) is 30.4 Å². The van der Waals surface area contributed by atoms with Gasteiger partial charge in [-0.3, -0.25) is 0 Å². The summed E-state index contributed by atoms with van der Waals surface area (Å²) in [5.74, 6) is -0.878. The lowest BCUT2D eigenvalue weighted by Gasteiger charge is -2.20. The van der Waals surface area contributed by atoms with Crippen LogP contribution in [0.4, 0.5) is 4.79 Å². The number of nitrogens with one attached hydrogen (secondary N) is 1. The minimum atomic E-state index is -1.22. The van der Waals surface area contributed by atoms with Crippen molar-refractivity contribution in [2.24, 2.45) is 0 Å². The highest BCUT2D eigenvalue weighted by Crippen LogP contribution is 2.25. The summed E-state index contributed by atoms with van der Waals surface area (Å²) in [6.45, 7) is 6.95. The molecule has 0 aliphatic heterocycles. The van der Waals surface area contributed by atoms with E-state index in [0.29, 0.717) is 0 Å². The molecule has 0 aliphatic rings. The summed E-state index contributed by atoms with van der Waals surface area (Å²) in [5.41, 5.74) is -0.387. The highest BCUT2D eigenvalue weighted by atomic mass is 16.6. The zero-order valence-corrected chi connectivity index (χ0v) is 15.5. The fourth-order valence-corrected chi connectivity index (χ4v) is 2.11. The van der Waals surface area contributed by atoms with E-state index in [1.54, 1.807) is 27.7 Å². The molecule has 11 heteroatoms. The van der Waals surface area contributed by atoms with Gasteiger partial charge < -0.3 is 28.4 Å². The Morgan fingerprint density at radius 2 is 1.64 bits per heavy atom. The molecule has 3 rings (SSSR count). The van der Waals surface area contributed by atoms with Gasteiger partial charge in [-0.15, -0.1) is 0 Å². The first-order chi connectivity index (χ1) is 13.1. The number of carbonyl (C=O) groups is 2. The number of oxazole rings is 3. The smallest absolute Gasteiger partial charge is 0.408 e. The van der Waals surface area contributed by atoms with Crippen LogP contribution in [0, 0.1) is 0 Å². The fourth-order valence-electron chi connectivity index (χ4n) is 2.11. The zero-order valence-electron chi connectivity index (χ0n) is 15.5. The van der Waals surface area contributed by atoms with Crippen LogP contribution < -0.4 is 5.32 Å². The highest BCUT2D eigenvalue weighted by Gasteiger charge is 2.22. The molecular formula is C17H18N4O7. The normalized spacial score (nSPS) is 12.6. The van der Waals surface area contributed by atoms with Gasteiger partial charge in [-0.2, -0.15) is 0 Å². The molecule has 0 saturated carbocycles. The lowest BCUT2D eigenvalue weighted by Crippen LogP contribution is -2.34. The number of rotatable bonds is 5. The maximum absolute atomic E-state index is 11.8. The lowest BCUT2D eigenvalue weighted by atomic mass is 10.2. The molecule has 3 aromatic rings. The zero-order chi connectivity index (χ0) is 20.5. The van der Waals surface area contributed by atoms with Crippen LogP contribution in [-0.2, 0) is 4.74 Å². The molecule has 0 spiro atoms. The van der Waals surface area contributed by atoms with Gasteiger partial charge in [-0.25, -0.2) is 24.5 Å². The molecule has 2 N–H and O–H groups in total. The van der Waals surface area contributed by atoms with E-state index < -0.39 is 23.7 Å². The Bertz CT molecular complexity index is 995. The molecule has 0 saturated heterocycles. The van der Waals surface area contributed by atoms with Crippen LogP contribution in [0.3, 0.4) is 0 Å². The molecule has 0 radical (unpaired) electrons. The van der Waals surface area contributed by atoms with Gasteiger partial charge in [0.1, 0.15) is 30.4 Å². The molecule has 0 fully saturated rings. The first-order valence-corrected chi connectivity index (χ1v) is 8.22. The van der Waals surface area contributed by atoms with Crippen molar-refractivity contribution < 1.29 is 32.7 Å². The van der Waals surface area contributed by atoms with Gasteiger partial charge in [0.2, 0.25) is 17.7 Å². The van der Waals surface area contributed by atoms with Gasteiger partial charge in [0, 0.05) is 0 Å². The van der Waals surface area contributed by atoms with E-state index in [0.717, 1.165) is 6.26 Å². The molecule has 148 valence electrons. The lowest BCUT2D eigenvalue weighted by molar-refractivity contribution is 0.0500. The number of alkyl carbamates (subject to hydrolysis) is 1. The van der Waals surface area contributed by atoms with E-state index in [1.807, 2.05) is 0 Å². The van der Waals surface area contributed by atoms with Crippen molar-refractivity contribution in [3.63, 3.8) is 0 Å². The first kappa shape index (κ1) is 19.1. The van der Waals surface area contributed by atoms with Crippen molar-refractivity contribution in [2.45, 2.75) is 39.3 Å². The summed E-state index contributed by atoms with van der Waals surface area (Å²) < 4.78 is 20.9. The Balaban J connectivity index is 1.71. The molecular weight excluding hydrogens is 372 g/mol. The predicted molar refractivity (Wildman–Crippen MR) is 92.2 cm³/mol. The fraction of sp³-hybridized carbons (Fsp3) is 0.353.